The van der Waals surface area contributed by atoms with Crippen molar-refractivity contribution in [3.8, 4) is 28.4 Å². The van der Waals surface area contributed by atoms with Crippen LogP contribution in [-0.4, -0.2) is 20.1 Å². The van der Waals surface area contributed by atoms with Crippen LogP contribution in [0.15, 0.2) is 61.1 Å². The molecule has 0 aliphatic carbocycles. The molecule has 0 saturated heterocycles. The summed E-state index contributed by atoms with van der Waals surface area (Å²) in [4.78, 5) is 12.8. The highest BCUT2D eigenvalue weighted by atomic mass is 16.3. The summed E-state index contributed by atoms with van der Waals surface area (Å²) in [6.45, 7) is 0. The van der Waals surface area contributed by atoms with Crippen molar-refractivity contribution in [3.63, 3.8) is 0 Å². The van der Waals surface area contributed by atoms with Crippen LogP contribution in [0.25, 0.3) is 22.6 Å². The van der Waals surface area contributed by atoms with E-state index in [-0.39, 0.29) is 5.75 Å². The lowest BCUT2D eigenvalue weighted by Crippen LogP contribution is -1.91. The molecule has 0 fully saturated rings. The van der Waals surface area contributed by atoms with Gasteiger partial charge in [0.15, 0.2) is 5.82 Å². The SMILES string of the molecule is Oc1ccc(-c2nccc(-c3ccncc3)n2)cc1. The van der Waals surface area contributed by atoms with E-state index in [1.807, 2.05) is 18.2 Å². The van der Waals surface area contributed by atoms with Gasteiger partial charge in [0, 0.05) is 29.7 Å². The standard InChI is InChI=1S/C15H11N3O/c19-13-3-1-12(2-4-13)15-17-10-7-14(18-15)11-5-8-16-9-6-11/h1-10,19H. The maximum atomic E-state index is 9.29. The number of aromatic hydroxyl groups is 1. The molecule has 0 atom stereocenters. The van der Waals surface area contributed by atoms with Gasteiger partial charge in [-0.05, 0) is 42.5 Å². The van der Waals surface area contributed by atoms with Crippen LogP contribution in [0.4, 0.5) is 0 Å². The van der Waals surface area contributed by atoms with Crippen molar-refractivity contribution in [1.29, 1.82) is 0 Å². The molecule has 2 aromatic heterocycles. The van der Waals surface area contributed by atoms with E-state index < -0.39 is 0 Å². The molecule has 4 heteroatoms. The summed E-state index contributed by atoms with van der Waals surface area (Å²) in [5, 5.41) is 9.29. The van der Waals surface area contributed by atoms with Crippen LogP contribution in [0, 0.1) is 0 Å². The molecule has 0 saturated carbocycles. The van der Waals surface area contributed by atoms with Crippen LogP contribution >= 0.6 is 0 Å². The highest BCUT2D eigenvalue weighted by molar-refractivity contribution is 5.63. The van der Waals surface area contributed by atoms with Gasteiger partial charge in [0.1, 0.15) is 5.75 Å². The van der Waals surface area contributed by atoms with E-state index >= 15 is 0 Å². The molecule has 0 unspecified atom stereocenters. The van der Waals surface area contributed by atoms with Gasteiger partial charge in [0.05, 0.1) is 5.69 Å². The Labute approximate surface area is 110 Å². The quantitative estimate of drug-likeness (QED) is 0.758. The Morgan fingerprint density at radius 3 is 2.21 bits per heavy atom. The van der Waals surface area contributed by atoms with Crippen molar-refractivity contribution in [2.24, 2.45) is 0 Å². The number of benzene rings is 1. The van der Waals surface area contributed by atoms with Crippen molar-refractivity contribution in [3.05, 3.63) is 61.1 Å². The second-order valence-electron chi connectivity index (χ2n) is 4.05. The summed E-state index contributed by atoms with van der Waals surface area (Å²) >= 11 is 0. The molecule has 2 heterocycles. The lowest BCUT2D eigenvalue weighted by molar-refractivity contribution is 0.475. The molecule has 0 aliphatic rings. The molecular weight excluding hydrogens is 238 g/mol. The predicted molar refractivity (Wildman–Crippen MR) is 72.4 cm³/mol. The molecule has 0 aliphatic heterocycles. The van der Waals surface area contributed by atoms with Crippen LogP contribution in [0.3, 0.4) is 0 Å². The van der Waals surface area contributed by atoms with Gasteiger partial charge in [-0.15, -0.1) is 0 Å². The minimum absolute atomic E-state index is 0.231. The molecule has 4 nitrogen and oxygen atoms in total. The van der Waals surface area contributed by atoms with Crippen molar-refractivity contribution in [2.45, 2.75) is 0 Å². The van der Waals surface area contributed by atoms with Crippen LogP contribution < -0.4 is 0 Å². The topological polar surface area (TPSA) is 58.9 Å². The van der Waals surface area contributed by atoms with Gasteiger partial charge in [-0.2, -0.15) is 0 Å². The van der Waals surface area contributed by atoms with Gasteiger partial charge in [-0.25, -0.2) is 9.97 Å². The van der Waals surface area contributed by atoms with Crippen molar-refractivity contribution in [1.82, 2.24) is 15.0 Å². The van der Waals surface area contributed by atoms with Crippen LogP contribution in [0.1, 0.15) is 0 Å². The third-order valence-electron chi connectivity index (χ3n) is 2.76. The van der Waals surface area contributed by atoms with Gasteiger partial charge in [0.2, 0.25) is 0 Å². The monoisotopic (exact) mass is 249 g/mol. The zero-order chi connectivity index (χ0) is 13.1. The van der Waals surface area contributed by atoms with Gasteiger partial charge in [0.25, 0.3) is 0 Å². The minimum atomic E-state index is 0.231. The number of hydrogen-bond acceptors (Lipinski definition) is 4. The highest BCUT2D eigenvalue weighted by Crippen LogP contribution is 2.21. The maximum Gasteiger partial charge on any atom is 0.159 e. The molecule has 1 aromatic carbocycles. The Morgan fingerprint density at radius 1 is 0.737 bits per heavy atom. The predicted octanol–water partition coefficient (Wildman–Crippen LogP) is 2.91. The van der Waals surface area contributed by atoms with Crippen LogP contribution in [0.2, 0.25) is 0 Å². The second-order valence-corrected chi connectivity index (χ2v) is 4.05. The first-order valence-electron chi connectivity index (χ1n) is 5.86. The highest BCUT2D eigenvalue weighted by Gasteiger charge is 2.04. The molecule has 0 bridgehead atoms. The molecule has 19 heavy (non-hydrogen) atoms. The molecule has 0 amide bonds. The lowest BCUT2D eigenvalue weighted by Gasteiger charge is -2.04. The van der Waals surface area contributed by atoms with Crippen molar-refractivity contribution < 1.29 is 5.11 Å². The number of phenols is 1. The van der Waals surface area contributed by atoms with E-state index in [1.165, 1.54) is 0 Å². The van der Waals surface area contributed by atoms with Gasteiger partial charge >= 0.3 is 0 Å². The molecule has 0 spiro atoms. The Kier molecular flexibility index (Phi) is 2.90. The molecule has 0 radical (unpaired) electrons. The Hall–Kier alpha value is -2.75. The number of phenolic OH excluding ortho intramolecular Hbond substituents is 1. The fraction of sp³-hybridized carbons (Fsp3) is 0. The van der Waals surface area contributed by atoms with Gasteiger partial charge in [-0.3, -0.25) is 4.98 Å². The third kappa shape index (κ3) is 2.42. The number of nitrogens with zero attached hydrogens (tertiary/aromatic N) is 3. The van der Waals surface area contributed by atoms with Crippen molar-refractivity contribution >= 4 is 0 Å². The molecule has 3 aromatic rings. The Balaban J connectivity index is 2.03. The summed E-state index contributed by atoms with van der Waals surface area (Å²) in [5.74, 6) is 0.864. The summed E-state index contributed by atoms with van der Waals surface area (Å²) in [5.41, 5.74) is 2.71. The fourth-order valence-corrected chi connectivity index (χ4v) is 1.79. The number of pyridine rings is 1. The van der Waals surface area contributed by atoms with Crippen LogP contribution in [-0.2, 0) is 0 Å². The van der Waals surface area contributed by atoms with E-state index in [4.69, 9.17) is 0 Å². The van der Waals surface area contributed by atoms with E-state index in [9.17, 15) is 5.11 Å². The first-order valence-corrected chi connectivity index (χ1v) is 5.86. The molecule has 1 N–H and O–H groups in total. The Morgan fingerprint density at radius 2 is 1.47 bits per heavy atom. The Bertz CT molecular complexity index is 681. The fourth-order valence-electron chi connectivity index (χ4n) is 1.79. The lowest BCUT2D eigenvalue weighted by atomic mass is 10.1. The molecular formula is C15H11N3O. The summed E-state index contributed by atoms with van der Waals surface area (Å²) in [6.07, 6.45) is 5.19. The summed E-state index contributed by atoms with van der Waals surface area (Å²) < 4.78 is 0. The zero-order valence-corrected chi connectivity index (χ0v) is 10.1. The number of hydrogen-bond donors (Lipinski definition) is 1. The largest absolute Gasteiger partial charge is 0.508 e. The van der Waals surface area contributed by atoms with E-state index in [0.29, 0.717) is 5.82 Å². The van der Waals surface area contributed by atoms with Crippen molar-refractivity contribution in [2.75, 3.05) is 0 Å². The average Bonchev–Trinajstić information content (AvgIpc) is 2.49. The maximum absolute atomic E-state index is 9.29. The normalized spacial score (nSPS) is 10.3. The summed E-state index contributed by atoms with van der Waals surface area (Å²) in [6, 6.07) is 12.5. The first-order chi connectivity index (χ1) is 9.33. The molecule has 92 valence electrons. The number of rotatable bonds is 2. The van der Waals surface area contributed by atoms with Crippen LogP contribution in [0.5, 0.6) is 5.75 Å². The third-order valence-corrected chi connectivity index (χ3v) is 2.76. The first kappa shape index (κ1) is 11.3. The van der Waals surface area contributed by atoms with Gasteiger partial charge in [-0.1, -0.05) is 0 Å². The smallest absolute Gasteiger partial charge is 0.159 e. The summed E-state index contributed by atoms with van der Waals surface area (Å²) in [7, 11) is 0. The minimum Gasteiger partial charge on any atom is -0.508 e. The molecule has 3 rings (SSSR count). The van der Waals surface area contributed by atoms with E-state index in [1.54, 1.807) is 42.9 Å². The van der Waals surface area contributed by atoms with Gasteiger partial charge < -0.3 is 5.11 Å². The van der Waals surface area contributed by atoms with E-state index in [0.717, 1.165) is 16.8 Å². The van der Waals surface area contributed by atoms with E-state index in [2.05, 4.69) is 15.0 Å². The number of aromatic nitrogens is 3. The second kappa shape index (κ2) is 4.86. The zero-order valence-electron chi connectivity index (χ0n) is 10.1. The average molecular weight is 249 g/mol.